The molecule has 0 saturated carbocycles. The normalized spacial score (nSPS) is 12.0. The zero-order chi connectivity index (χ0) is 10.3. The van der Waals surface area contributed by atoms with E-state index in [4.69, 9.17) is 10.5 Å². The Morgan fingerprint density at radius 2 is 2.15 bits per heavy atom. The van der Waals surface area contributed by atoms with Crippen LogP contribution in [-0.2, 0) is 9.53 Å². The van der Waals surface area contributed by atoms with Crippen LogP contribution in [-0.4, -0.2) is 18.6 Å². The van der Waals surface area contributed by atoms with E-state index in [0.29, 0.717) is 13.0 Å². The molecule has 0 aromatic rings. The molecule has 0 aromatic heterocycles. The molecule has 0 heterocycles. The first-order chi connectivity index (χ1) is 6.07. The monoisotopic (exact) mass is 185 g/mol. The zero-order valence-electron chi connectivity index (χ0n) is 8.67. The predicted molar refractivity (Wildman–Crippen MR) is 53.3 cm³/mol. The standard InChI is InChI=1S/C10H19NO2/c1-4-13-10(12)9(11)7-5-6-8(2)3/h6,9H,4-5,7,11H2,1-3H3. The smallest absolute Gasteiger partial charge is 0.322 e. The van der Waals surface area contributed by atoms with Gasteiger partial charge in [0.15, 0.2) is 0 Å². The average Bonchev–Trinajstić information content (AvgIpc) is 2.04. The molecule has 0 spiro atoms. The highest BCUT2D eigenvalue weighted by molar-refractivity contribution is 5.75. The lowest BCUT2D eigenvalue weighted by Gasteiger charge is -2.08. The Kier molecular flexibility index (Phi) is 6.24. The number of ether oxygens (including phenoxy) is 1. The lowest BCUT2D eigenvalue weighted by molar-refractivity contribution is -0.144. The van der Waals surface area contributed by atoms with Crippen molar-refractivity contribution < 1.29 is 9.53 Å². The molecule has 0 aliphatic rings. The van der Waals surface area contributed by atoms with Crippen molar-refractivity contribution in [3.05, 3.63) is 11.6 Å². The number of carbonyl (C=O) groups is 1. The van der Waals surface area contributed by atoms with Gasteiger partial charge in [-0.15, -0.1) is 0 Å². The quantitative estimate of drug-likeness (QED) is 0.523. The number of esters is 1. The van der Waals surface area contributed by atoms with E-state index in [1.165, 1.54) is 5.57 Å². The predicted octanol–water partition coefficient (Wildman–Crippen LogP) is 1.62. The van der Waals surface area contributed by atoms with Gasteiger partial charge in [0.05, 0.1) is 6.61 Å². The van der Waals surface area contributed by atoms with Crippen molar-refractivity contribution in [2.45, 2.75) is 39.7 Å². The fraction of sp³-hybridized carbons (Fsp3) is 0.700. The van der Waals surface area contributed by atoms with Crippen molar-refractivity contribution in [1.29, 1.82) is 0 Å². The maximum Gasteiger partial charge on any atom is 0.322 e. The molecule has 1 unspecified atom stereocenters. The summed E-state index contributed by atoms with van der Waals surface area (Å²) in [5.74, 6) is -0.301. The molecule has 0 bridgehead atoms. The summed E-state index contributed by atoms with van der Waals surface area (Å²) in [4.78, 5) is 11.1. The molecule has 0 saturated heterocycles. The molecular formula is C10H19NO2. The van der Waals surface area contributed by atoms with E-state index in [0.717, 1.165) is 6.42 Å². The van der Waals surface area contributed by atoms with Crippen molar-refractivity contribution >= 4 is 5.97 Å². The van der Waals surface area contributed by atoms with Crippen LogP contribution < -0.4 is 5.73 Å². The highest BCUT2D eigenvalue weighted by Crippen LogP contribution is 2.01. The number of hydrogen-bond acceptors (Lipinski definition) is 3. The summed E-state index contributed by atoms with van der Waals surface area (Å²) in [6, 6.07) is -0.476. The third kappa shape index (κ3) is 6.34. The van der Waals surface area contributed by atoms with E-state index in [1.807, 2.05) is 13.8 Å². The minimum absolute atomic E-state index is 0.301. The first-order valence-electron chi connectivity index (χ1n) is 4.63. The molecule has 76 valence electrons. The SMILES string of the molecule is CCOC(=O)C(N)CCC=C(C)C. The second kappa shape index (κ2) is 6.66. The molecule has 3 heteroatoms. The summed E-state index contributed by atoms with van der Waals surface area (Å²) in [6.07, 6.45) is 3.56. The second-order valence-electron chi connectivity index (χ2n) is 3.22. The minimum Gasteiger partial charge on any atom is -0.465 e. The van der Waals surface area contributed by atoms with Gasteiger partial charge in [-0.25, -0.2) is 0 Å². The van der Waals surface area contributed by atoms with Gasteiger partial charge in [0.1, 0.15) is 6.04 Å². The van der Waals surface area contributed by atoms with Crippen LogP contribution in [0.15, 0.2) is 11.6 Å². The van der Waals surface area contributed by atoms with Crippen LogP contribution >= 0.6 is 0 Å². The number of nitrogens with two attached hydrogens (primary N) is 1. The molecule has 13 heavy (non-hydrogen) atoms. The molecule has 3 nitrogen and oxygen atoms in total. The molecule has 0 fully saturated rings. The fourth-order valence-electron chi connectivity index (χ4n) is 0.919. The molecule has 0 aliphatic heterocycles. The Morgan fingerprint density at radius 1 is 1.54 bits per heavy atom. The molecule has 0 aliphatic carbocycles. The van der Waals surface area contributed by atoms with Crippen LogP contribution in [0.3, 0.4) is 0 Å². The average molecular weight is 185 g/mol. The molecule has 0 amide bonds. The van der Waals surface area contributed by atoms with Crippen LogP contribution in [0, 0.1) is 0 Å². The number of hydrogen-bond donors (Lipinski definition) is 1. The number of allylic oxidation sites excluding steroid dienone is 2. The highest BCUT2D eigenvalue weighted by atomic mass is 16.5. The van der Waals surface area contributed by atoms with Crippen LogP contribution in [0.4, 0.5) is 0 Å². The Morgan fingerprint density at radius 3 is 2.62 bits per heavy atom. The van der Waals surface area contributed by atoms with Gasteiger partial charge in [0, 0.05) is 0 Å². The first kappa shape index (κ1) is 12.2. The van der Waals surface area contributed by atoms with Gasteiger partial charge in [-0.1, -0.05) is 11.6 Å². The van der Waals surface area contributed by atoms with Crippen molar-refractivity contribution in [2.24, 2.45) is 5.73 Å². The van der Waals surface area contributed by atoms with Crippen molar-refractivity contribution in [3.63, 3.8) is 0 Å². The summed E-state index contributed by atoms with van der Waals surface area (Å²) in [5, 5.41) is 0. The Bertz CT molecular complexity index is 183. The van der Waals surface area contributed by atoms with Crippen molar-refractivity contribution in [2.75, 3.05) is 6.61 Å². The summed E-state index contributed by atoms with van der Waals surface area (Å²) >= 11 is 0. The van der Waals surface area contributed by atoms with Crippen LogP contribution in [0.2, 0.25) is 0 Å². The van der Waals surface area contributed by atoms with Gasteiger partial charge in [-0.05, 0) is 33.6 Å². The lowest BCUT2D eigenvalue weighted by Crippen LogP contribution is -2.32. The second-order valence-corrected chi connectivity index (χ2v) is 3.22. The maximum absolute atomic E-state index is 11.1. The fourth-order valence-corrected chi connectivity index (χ4v) is 0.919. The molecule has 0 aromatic carbocycles. The van der Waals surface area contributed by atoms with Gasteiger partial charge >= 0.3 is 5.97 Å². The zero-order valence-corrected chi connectivity index (χ0v) is 8.67. The summed E-state index contributed by atoms with van der Waals surface area (Å²) in [7, 11) is 0. The maximum atomic E-state index is 11.1. The Labute approximate surface area is 79.9 Å². The van der Waals surface area contributed by atoms with E-state index in [9.17, 15) is 4.79 Å². The van der Waals surface area contributed by atoms with Gasteiger partial charge in [0.25, 0.3) is 0 Å². The number of carbonyl (C=O) groups excluding carboxylic acids is 1. The summed E-state index contributed by atoms with van der Waals surface area (Å²) in [6.45, 7) is 6.22. The van der Waals surface area contributed by atoms with Gasteiger partial charge < -0.3 is 10.5 Å². The van der Waals surface area contributed by atoms with Gasteiger partial charge in [0.2, 0.25) is 0 Å². The molecule has 1 atom stereocenters. The summed E-state index contributed by atoms with van der Waals surface area (Å²) in [5.41, 5.74) is 6.83. The van der Waals surface area contributed by atoms with Crippen molar-refractivity contribution in [1.82, 2.24) is 0 Å². The minimum atomic E-state index is -0.476. The highest BCUT2D eigenvalue weighted by Gasteiger charge is 2.12. The topological polar surface area (TPSA) is 52.3 Å². The Hall–Kier alpha value is -0.830. The third-order valence-corrected chi connectivity index (χ3v) is 1.62. The van der Waals surface area contributed by atoms with E-state index in [1.54, 1.807) is 6.92 Å². The largest absolute Gasteiger partial charge is 0.465 e. The number of rotatable bonds is 5. The van der Waals surface area contributed by atoms with Crippen LogP contribution in [0.1, 0.15) is 33.6 Å². The molecule has 2 N–H and O–H groups in total. The summed E-state index contributed by atoms with van der Waals surface area (Å²) < 4.78 is 4.78. The Balaban J connectivity index is 3.67. The van der Waals surface area contributed by atoms with Crippen molar-refractivity contribution in [3.8, 4) is 0 Å². The molecular weight excluding hydrogens is 166 g/mol. The lowest BCUT2D eigenvalue weighted by atomic mass is 10.1. The van der Waals surface area contributed by atoms with Gasteiger partial charge in [-0.2, -0.15) is 0 Å². The van der Waals surface area contributed by atoms with E-state index < -0.39 is 6.04 Å². The van der Waals surface area contributed by atoms with Crippen LogP contribution in [0.25, 0.3) is 0 Å². The van der Waals surface area contributed by atoms with E-state index in [-0.39, 0.29) is 5.97 Å². The van der Waals surface area contributed by atoms with Gasteiger partial charge in [-0.3, -0.25) is 4.79 Å². The third-order valence-electron chi connectivity index (χ3n) is 1.62. The van der Waals surface area contributed by atoms with E-state index in [2.05, 4.69) is 6.08 Å². The van der Waals surface area contributed by atoms with Crippen LogP contribution in [0.5, 0.6) is 0 Å². The molecule has 0 rings (SSSR count). The molecule has 0 radical (unpaired) electrons. The van der Waals surface area contributed by atoms with E-state index >= 15 is 0 Å². The first-order valence-corrected chi connectivity index (χ1v) is 4.63.